The predicted molar refractivity (Wildman–Crippen MR) is 92.5 cm³/mol. The summed E-state index contributed by atoms with van der Waals surface area (Å²) in [6.07, 6.45) is 0. The van der Waals surface area contributed by atoms with Crippen molar-refractivity contribution in [2.75, 3.05) is 18.5 Å². The molecule has 1 heterocycles. The first-order chi connectivity index (χ1) is 10.0. The van der Waals surface area contributed by atoms with Gasteiger partial charge in [0.1, 0.15) is 0 Å². The van der Waals surface area contributed by atoms with Crippen LogP contribution in [0.15, 0.2) is 24.3 Å². The van der Waals surface area contributed by atoms with E-state index in [-0.39, 0.29) is 6.04 Å². The first-order valence-electron chi connectivity index (χ1n) is 7.18. The van der Waals surface area contributed by atoms with Gasteiger partial charge in [-0.3, -0.25) is 0 Å². The Hall–Kier alpha value is -1.10. The van der Waals surface area contributed by atoms with Crippen LogP contribution in [-0.4, -0.2) is 18.6 Å². The number of aromatic nitrogens is 1. The number of aryl methyl sites for hydroxylation is 1. The van der Waals surface area contributed by atoms with Crippen molar-refractivity contribution in [3.8, 4) is 0 Å². The number of anilines is 1. The molecule has 5 heteroatoms. The zero-order valence-corrected chi connectivity index (χ0v) is 14.6. The topological polar surface area (TPSA) is 28.2 Å². The normalized spacial score (nSPS) is 12.4. The second kappa shape index (κ2) is 7.25. The second-order valence-corrected chi connectivity index (χ2v) is 6.63. The van der Waals surface area contributed by atoms with Gasteiger partial charge in [-0.1, -0.05) is 30.7 Å². The summed E-state index contributed by atoms with van der Waals surface area (Å²) in [4.78, 5) is 8.21. The van der Waals surface area contributed by atoms with Crippen LogP contribution in [0.2, 0.25) is 5.02 Å². The molecule has 2 aromatic rings. The molecule has 114 valence electrons. The van der Waals surface area contributed by atoms with Crippen LogP contribution in [0.4, 0.5) is 5.13 Å². The lowest BCUT2D eigenvalue weighted by Crippen LogP contribution is -2.21. The monoisotopic (exact) mass is 323 g/mol. The first-order valence-corrected chi connectivity index (χ1v) is 8.37. The van der Waals surface area contributed by atoms with Gasteiger partial charge in [-0.25, -0.2) is 4.98 Å². The molecule has 0 aliphatic carbocycles. The standard InChI is InChI=1S/C16H22ClN3S/c1-5-18-10-15-11(2)19-16(21-15)20(4)12(3)13-7-6-8-14(17)9-13/h6-9,12,18H,5,10H2,1-4H3. The Bertz CT molecular complexity index is 597. The number of hydrogen-bond acceptors (Lipinski definition) is 4. The minimum atomic E-state index is 0.237. The summed E-state index contributed by atoms with van der Waals surface area (Å²) < 4.78 is 0. The van der Waals surface area contributed by atoms with E-state index in [9.17, 15) is 0 Å². The molecule has 1 atom stereocenters. The van der Waals surface area contributed by atoms with Crippen molar-refractivity contribution in [3.63, 3.8) is 0 Å². The molecule has 0 aliphatic heterocycles. The molecule has 3 nitrogen and oxygen atoms in total. The Morgan fingerprint density at radius 1 is 1.43 bits per heavy atom. The Labute approximate surface area is 136 Å². The van der Waals surface area contributed by atoms with E-state index in [1.807, 2.05) is 18.2 Å². The number of hydrogen-bond donors (Lipinski definition) is 1. The van der Waals surface area contributed by atoms with Crippen molar-refractivity contribution in [3.05, 3.63) is 45.4 Å². The van der Waals surface area contributed by atoms with E-state index in [4.69, 9.17) is 16.6 Å². The van der Waals surface area contributed by atoms with Gasteiger partial charge in [0.2, 0.25) is 0 Å². The highest BCUT2D eigenvalue weighted by Gasteiger charge is 2.17. The molecule has 0 saturated heterocycles. The van der Waals surface area contributed by atoms with Crippen LogP contribution in [-0.2, 0) is 6.54 Å². The lowest BCUT2D eigenvalue weighted by molar-refractivity contribution is 0.728. The Morgan fingerprint density at radius 3 is 2.86 bits per heavy atom. The van der Waals surface area contributed by atoms with Crippen LogP contribution in [0, 0.1) is 6.92 Å². The molecule has 1 N–H and O–H groups in total. The van der Waals surface area contributed by atoms with E-state index < -0.39 is 0 Å². The Kier molecular flexibility index (Phi) is 5.62. The highest BCUT2D eigenvalue weighted by atomic mass is 35.5. The van der Waals surface area contributed by atoms with Crippen LogP contribution in [0.1, 0.15) is 36.0 Å². The maximum absolute atomic E-state index is 6.09. The van der Waals surface area contributed by atoms with Crippen LogP contribution < -0.4 is 10.2 Å². The van der Waals surface area contributed by atoms with Crippen molar-refractivity contribution in [1.29, 1.82) is 0 Å². The summed E-state index contributed by atoms with van der Waals surface area (Å²) in [5, 5.41) is 5.18. The number of benzene rings is 1. The largest absolute Gasteiger partial charge is 0.344 e. The summed E-state index contributed by atoms with van der Waals surface area (Å²) in [6.45, 7) is 8.22. The molecule has 0 saturated carbocycles. The van der Waals surface area contributed by atoms with E-state index >= 15 is 0 Å². The summed E-state index contributed by atoms with van der Waals surface area (Å²) in [7, 11) is 2.08. The fourth-order valence-corrected chi connectivity index (χ4v) is 3.39. The number of halogens is 1. The van der Waals surface area contributed by atoms with E-state index in [0.29, 0.717) is 0 Å². The van der Waals surface area contributed by atoms with Crippen LogP contribution in [0.5, 0.6) is 0 Å². The number of nitrogens with one attached hydrogen (secondary N) is 1. The smallest absolute Gasteiger partial charge is 0.186 e. The zero-order chi connectivity index (χ0) is 15.4. The summed E-state index contributed by atoms with van der Waals surface area (Å²) in [5.41, 5.74) is 2.31. The maximum Gasteiger partial charge on any atom is 0.186 e. The van der Waals surface area contributed by atoms with E-state index in [0.717, 1.165) is 28.9 Å². The summed E-state index contributed by atoms with van der Waals surface area (Å²) in [6, 6.07) is 8.25. The van der Waals surface area contributed by atoms with Gasteiger partial charge in [-0.15, -0.1) is 11.3 Å². The summed E-state index contributed by atoms with van der Waals surface area (Å²) >= 11 is 7.84. The fraction of sp³-hybridized carbons (Fsp3) is 0.438. The van der Waals surface area contributed by atoms with Crippen LogP contribution in [0.3, 0.4) is 0 Å². The quantitative estimate of drug-likeness (QED) is 0.853. The highest BCUT2D eigenvalue weighted by molar-refractivity contribution is 7.15. The van der Waals surface area contributed by atoms with Crippen LogP contribution in [0.25, 0.3) is 0 Å². The number of rotatable bonds is 6. The van der Waals surface area contributed by atoms with Crippen molar-refractivity contribution < 1.29 is 0 Å². The zero-order valence-electron chi connectivity index (χ0n) is 13.0. The molecule has 2 rings (SSSR count). The lowest BCUT2D eigenvalue weighted by atomic mass is 10.1. The van der Waals surface area contributed by atoms with Crippen molar-refractivity contribution in [1.82, 2.24) is 10.3 Å². The van der Waals surface area contributed by atoms with Gasteiger partial charge in [0, 0.05) is 23.5 Å². The van der Waals surface area contributed by atoms with Gasteiger partial charge < -0.3 is 10.2 Å². The average molecular weight is 324 g/mol. The van der Waals surface area contributed by atoms with E-state index in [2.05, 4.69) is 44.1 Å². The molecule has 0 radical (unpaired) electrons. The van der Waals surface area contributed by atoms with Gasteiger partial charge in [0.05, 0.1) is 11.7 Å². The minimum Gasteiger partial charge on any atom is -0.344 e. The minimum absolute atomic E-state index is 0.237. The van der Waals surface area contributed by atoms with Gasteiger partial charge >= 0.3 is 0 Å². The Balaban J connectivity index is 2.17. The third-order valence-corrected chi connectivity index (χ3v) is 5.11. The molecule has 0 spiro atoms. The molecule has 1 aromatic carbocycles. The maximum atomic E-state index is 6.09. The second-order valence-electron chi connectivity index (χ2n) is 5.13. The van der Waals surface area contributed by atoms with Gasteiger partial charge in [0.15, 0.2) is 5.13 Å². The molecule has 1 aromatic heterocycles. The lowest BCUT2D eigenvalue weighted by Gasteiger charge is -2.24. The van der Waals surface area contributed by atoms with Gasteiger partial charge in [-0.05, 0) is 38.1 Å². The predicted octanol–water partition coefficient (Wildman–Crippen LogP) is 4.41. The Morgan fingerprint density at radius 2 is 2.19 bits per heavy atom. The van der Waals surface area contributed by atoms with Crippen molar-refractivity contribution in [2.45, 2.75) is 33.4 Å². The molecular formula is C16H22ClN3S. The average Bonchev–Trinajstić information content (AvgIpc) is 2.84. The van der Waals surface area contributed by atoms with Gasteiger partial charge in [0.25, 0.3) is 0 Å². The molecule has 0 bridgehead atoms. The third-order valence-electron chi connectivity index (χ3n) is 3.63. The van der Waals surface area contributed by atoms with Crippen LogP contribution >= 0.6 is 22.9 Å². The van der Waals surface area contributed by atoms with Gasteiger partial charge in [-0.2, -0.15) is 0 Å². The molecule has 1 unspecified atom stereocenters. The highest BCUT2D eigenvalue weighted by Crippen LogP contribution is 2.31. The SMILES string of the molecule is CCNCc1sc(N(C)C(C)c2cccc(Cl)c2)nc1C. The molecule has 0 aliphatic rings. The molecule has 21 heavy (non-hydrogen) atoms. The third kappa shape index (κ3) is 3.96. The van der Waals surface area contributed by atoms with E-state index in [1.165, 1.54) is 10.4 Å². The molecular weight excluding hydrogens is 302 g/mol. The molecule has 0 fully saturated rings. The van der Waals surface area contributed by atoms with Crippen molar-refractivity contribution >= 4 is 28.1 Å². The fourth-order valence-electron chi connectivity index (χ4n) is 2.12. The number of nitrogens with zero attached hydrogens (tertiary/aromatic N) is 2. The molecule has 0 amide bonds. The van der Waals surface area contributed by atoms with Crippen molar-refractivity contribution in [2.24, 2.45) is 0 Å². The number of thiazole rings is 1. The van der Waals surface area contributed by atoms with E-state index in [1.54, 1.807) is 11.3 Å². The summed E-state index contributed by atoms with van der Waals surface area (Å²) in [5.74, 6) is 0. The first kappa shape index (κ1) is 16.3.